The molecular weight excluding hydrogens is 380 g/mol. The SMILES string of the molecule is Cc1cccc(NC(=O)COC(=O)/C=C/c2cc3c(cc2[N+](=O)[O-])OCO3)c1C. The van der Waals surface area contributed by atoms with Gasteiger partial charge >= 0.3 is 5.97 Å². The molecule has 29 heavy (non-hydrogen) atoms. The average molecular weight is 398 g/mol. The van der Waals surface area contributed by atoms with E-state index in [1.165, 1.54) is 18.2 Å². The Labute approximate surface area is 166 Å². The molecule has 1 N–H and O–H groups in total. The standard InChI is InChI=1S/C20H18N2O7/c1-12-4-3-5-15(13(12)2)21-19(23)10-27-20(24)7-6-14-8-17-18(29-11-28-17)9-16(14)22(25)26/h3-9H,10-11H2,1-2H3,(H,21,23)/b7-6+. The van der Waals surface area contributed by atoms with Crippen LogP contribution in [0, 0.1) is 24.0 Å². The lowest BCUT2D eigenvalue weighted by Gasteiger charge is -2.10. The van der Waals surface area contributed by atoms with E-state index in [0.29, 0.717) is 11.4 Å². The molecule has 9 nitrogen and oxygen atoms in total. The van der Waals surface area contributed by atoms with Gasteiger partial charge in [0, 0.05) is 11.8 Å². The number of ether oxygens (including phenoxy) is 3. The topological polar surface area (TPSA) is 117 Å². The maximum Gasteiger partial charge on any atom is 0.331 e. The molecule has 0 bridgehead atoms. The number of nitro groups is 1. The van der Waals surface area contributed by atoms with Gasteiger partial charge in [0.2, 0.25) is 6.79 Å². The zero-order valence-corrected chi connectivity index (χ0v) is 15.8. The summed E-state index contributed by atoms with van der Waals surface area (Å²) >= 11 is 0. The molecule has 0 atom stereocenters. The molecule has 0 saturated carbocycles. The summed E-state index contributed by atoms with van der Waals surface area (Å²) in [5, 5.41) is 13.9. The Morgan fingerprint density at radius 1 is 1.24 bits per heavy atom. The van der Waals surface area contributed by atoms with Crippen LogP contribution in [0.5, 0.6) is 11.5 Å². The molecular formula is C20H18N2O7. The van der Waals surface area contributed by atoms with Crippen molar-refractivity contribution in [2.75, 3.05) is 18.7 Å². The number of hydrogen-bond donors (Lipinski definition) is 1. The molecule has 0 aromatic heterocycles. The van der Waals surface area contributed by atoms with E-state index in [0.717, 1.165) is 17.2 Å². The van der Waals surface area contributed by atoms with Gasteiger partial charge in [-0.3, -0.25) is 14.9 Å². The number of carbonyl (C=O) groups excluding carboxylic acids is 2. The molecule has 0 spiro atoms. The van der Waals surface area contributed by atoms with Gasteiger partial charge in [0.15, 0.2) is 18.1 Å². The number of benzene rings is 2. The highest BCUT2D eigenvalue weighted by molar-refractivity contribution is 5.95. The second kappa shape index (κ2) is 8.42. The summed E-state index contributed by atoms with van der Waals surface area (Å²) < 4.78 is 15.2. The summed E-state index contributed by atoms with van der Waals surface area (Å²) in [5.41, 5.74) is 2.48. The van der Waals surface area contributed by atoms with Crippen molar-refractivity contribution in [2.24, 2.45) is 0 Å². The number of anilines is 1. The third-order valence-electron chi connectivity index (χ3n) is 4.34. The maximum atomic E-state index is 12.0. The van der Waals surface area contributed by atoms with Gasteiger partial charge in [0.25, 0.3) is 11.6 Å². The van der Waals surface area contributed by atoms with E-state index in [1.807, 2.05) is 26.0 Å². The lowest BCUT2D eigenvalue weighted by atomic mass is 10.1. The van der Waals surface area contributed by atoms with E-state index >= 15 is 0 Å². The van der Waals surface area contributed by atoms with Gasteiger partial charge in [0.1, 0.15) is 0 Å². The van der Waals surface area contributed by atoms with E-state index in [1.54, 1.807) is 6.07 Å². The zero-order valence-electron chi connectivity index (χ0n) is 15.8. The third kappa shape index (κ3) is 4.70. The average Bonchev–Trinajstić information content (AvgIpc) is 3.15. The molecule has 0 unspecified atom stereocenters. The van der Waals surface area contributed by atoms with E-state index in [-0.39, 0.29) is 23.8 Å². The summed E-state index contributed by atoms with van der Waals surface area (Å²) in [5.74, 6) is -0.696. The molecule has 0 radical (unpaired) electrons. The number of nitro benzene ring substituents is 1. The van der Waals surface area contributed by atoms with Crippen LogP contribution in [0.2, 0.25) is 0 Å². The maximum absolute atomic E-state index is 12.0. The van der Waals surface area contributed by atoms with Crippen LogP contribution in [0.4, 0.5) is 11.4 Å². The van der Waals surface area contributed by atoms with E-state index in [9.17, 15) is 19.7 Å². The molecule has 1 amide bonds. The molecule has 0 fully saturated rings. The first kappa shape index (κ1) is 19.9. The summed E-state index contributed by atoms with van der Waals surface area (Å²) in [7, 11) is 0. The van der Waals surface area contributed by atoms with Gasteiger partial charge in [-0.15, -0.1) is 0 Å². The third-order valence-corrected chi connectivity index (χ3v) is 4.34. The van der Waals surface area contributed by atoms with Crippen molar-refractivity contribution in [1.29, 1.82) is 0 Å². The highest BCUT2D eigenvalue weighted by Gasteiger charge is 2.22. The lowest BCUT2D eigenvalue weighted by molar-refractivity contribution is -0.385. The van der Waals surface area contributed by atoms with Crippen LogP contribution in [0.25, 0.3) is 6.08 Å². The fourth-order valence-corrected chi connectivity index (χ4v) is 2.65. The number of hydrogen-bond acceptors (Lipinski definition) is 7. The van der Waals surface area contributed by atoms with Gasteiger partial charge in [-0.05, 0) is 43.2 Å². The predicted octanol–water partition coefficient (Wildman–Crippen LogP) is 3.14. The number of carbonyl (C=O) groups is 2. The number of nitrogens with one attached hydrogen (secondary N) is 1. The fraction of sp³-hybridized carbons (Fsp3) is 0.200. The normalized spacial score (nSPS) is 12.1. The Bertz CT molecular complexity index is 1010. The Hall–Kier alpha value is -3.88. The largest absolute Gasteiger partial charge is 0.454 e. The van der Waals surface area contributed by atoms with Crippen LogP contribution >= 0.6 is 0 Å². The minimum Gasteiger partial charge on any atom is -0.454 e. The zero-order chi connectivity index (χ0) is 21.0. The molecule has 1 aliphatic rings. The van der Waals surface area contributed by atoms with Crippen LogP contribution < -0.4 is 14.8 Å². The fourth-order valence-electron chi connectivity index (χ4n) is 2.65. The summed E-state index contributed by atoms with van der Waals surface area (Å²) in [4.78, 5) is 34.5. The summed E-state index contributed by atoms with van der Waals surface area (Å²) in [6.45, 7) is 3.28. The lowest BCUT2D eigenvalue weighted by Crippen LogP contribution is -2.20. The van der Waals surface area contributed by atoms with E-state index < -0.39 is 23.4 Å². The highest BCUT2D eigenvalue weighted by atomic mass is 16.7. The Kier molecular flexibility index (Phi) is 5.77. The minimum absolute atomic E-state index is 0.0305. The molecule has 0 saturated heterocycles. The number of esters is 1. The highest BCUT2D eigenvalue weighted by Crippen LogP contribution is 2.38. The van der Waals surface area contributed by atoms with Crippen LogP contribution in [0.1, 0.15) is 16.7 Å². The Balaban J connectivity index is 1.61. The molecule has 9 heteroatoms. The number of aryl methyl sites for hydroxylation is 1. The molecule has 3 rings (SSSR count). The molecule has 2 aromatic carbocycles. The van der Waals surface area contributed by atoms with Gasteiger partial charge in [0.05, 0.1) is 16.6 Å². The van der Waals surface area contributed by atoms with Crippen LogP contribution in [0.15, 0.2) is 36.4 Å². The van der Waals surface area contributed by atoms with Gasteiger partial charge in [-0.2, -0.15) is 0 Å². The quantitative estimate of drug-likeness (QED) is 0.344. The van der Waals surface area contributed by atoms with Crippen molar-refractivity contribution in [3.8, 4) is 11.5 Å². The van der Waals surface area contributed by atoms with Crippen LogP contribution in [-0.2, 0) is 14.3 Å². The van der Waals surface area contributed by atoms with E-state index in [4.69, 9.17) is 14.2 Å². The summed E-state index contributed by atoms with van der Waals surface area (Å²) in [6.07, 6.45) is 2.24. The molecule has 1 heterocycles. The Morgan fingerprint density at radius 3 is 2.69 bits per heavy atom. The number of nitrogens with zero attached hydrogens (tertiary/aromatic N) is 1. The van der Waals surface area contributed by atoms with Crippen molar-refractivity contribution < 1.29 is 28.7 Å². The van der Waals surface area contributed by atoms with Gasteiger partial charge in [-0.1, -0.05) is 12.1 Å². The molecule has 2 aromatic rings. The van der Waals surface area contributed by atoms with Crippen molar-refractivity contribution in [2.45, 2.75) is 13.8 Å². The van der Waals surface area contributed by atoms with Crippen LogP contribution in [-0.4, -0.2) is 30.2 Å². The van der Waals surface area contributed by atoms with Crippen LogP contribution in [0.3, 0.4) is 0 Å². The van der Waals surface area contributed by atoms with Gasteiger partial charge in [-0.25, -0.2) is 4.79 Å². The number of fused-ring (bicyclic) bond motifs is 1. The van der Waals surface area contributed by atoms with Crippen molar-refractivity contribution in [1.82, 2.24) is 0 Å². The first-order valence-corrected chi connectivity index (χ1v) is 8.64. The molecule has 0 aliphatic carbocycles. The monoisotopic (exact) mass is 398 g/mol. The van der Waals surface area contributed by atoms with Gasteiger partial charge < -0.3 is 19.5 Å². The van der Waals surface area contributed by atoms with Crippen molar-refractivity contribution in [3.05, 3.63) is 63.2 Å². The Morgan fingerprint density at radius 2 is 1.97 bits per heavy atom. The second-order valence-electron chi connectivity index (χ2n) is 6.26. The first-order chi connectivity index (χ1) is 13.8. The number of amides is 1. The van der Waals surface area contributed by atoms with E-state index in [2.05, 4.69) is 5.32 Å². The molecule has 150 valence electrons. The van der Waals surface area contributed by atoms with Crippen molar-refractivity contribution in [3.63, 3.8) is 0 Å². The summed E-state index contributed by atoms with van der Waals surface area (Å²) in [6, 6.07) is 8.11. The molecule has 1 aliphatic heterocycles. The van der Waals surface area contributed by atoms with Crippen molar-refractivity contribution >= 4 is 29.3 Å². The first-order valence-electron chi connectivity index (χ1n) is 8.64. The second-order valence-corrected chi connectivity index (χ2v) is 6.26. The smallest absolute Gasteiger partial charge is 0.331 e. The predicted molar refractivity (Wildman–Crippen MR) is 104 cm³/mol. The minimum atomic E-state index is -0.812. The number of rotatable bonds is 6.